The third-order valence-electron chi connectivity index (χ3n) is 4.98. The molecule has 0 saturated carbocycles. The SMILES string of the molecule is Cc1ccc(C(=O)N2CCN(Cc3nc(-c4cccs4)no3)CC2)cc1C. The molecule has 1 fully saturated rings. The second-order valence-electron chi connectivity index (χ2n) is 6.86. The predicted molar refractivity (Wildman–Crippen MR) is 105 cm³/mol. The molecule has 0 radical (unpaired) electrons. The van der Waals surface area contributed by atoms with E-state index in [4.69, 9.17) is 4.52 Å². The zero-order valence-corrected chi connectivity index (χ0v) is 16.3. The maximum absolute atomic E-state index is 12.7. The number of aryl methyl sites for hydroxylation is 2. The van der Waals surface area contributed by atoms with Gasteiger partial charge in [-0.25, -0.2) is 0 Å². The van der Waals surface area contributed by atoms with E-state index in [1.54, 1.807) is 11.3 Å². The minimum Gasteiger partial charge on any atom is -0.338 e. The zero-order chi connectivity index (χ0) is 18.8. The Morgan fingerprint density at radius 2 is 1.96 bits per heavy atom. The van der Waals surface area contributed by atoms with Crippen molar-refractivity contribution in [1.82, 2.24) is 19.9 Å². The second-order valence-corrected chi connectivity index (χ2v) is 7.80. The highest BCUT2D eigenvalue weighted by Crippen LogP contribution is 2.22. The average Bonchev–Trinajstić information content (AvgIpc) is 3.36. The van der Waals surface area contributed by atoms with Crippen LogP contribution in [0.2, 0.25) is 0 Å². The normalized spacial score (nSPS) is 15.3. The van der Waals surface area contributed by atoms with Crippen LogP contribution in [0.4, 0.5) is 0 Å². The molecule has 0 bridgehead atoms. The third kappa shape index (κ3) is 3.94. The minimum atomic E-state index is 0.107. The van der Waals surface area contributed by atoms with E-state index in [0.717, 1.165) is 29.1 Å². The Morgan fingerprint density at radius 1 is 1.15 bits per heavy atom. The number of rotatable bonds is 4. The summed E-state index contributed by atoms with van der Waals surface area (Å²) in [7, 11) is 0. The summed E-state index contributed by atoms with van der Waals surface area (Å²) in [5.74, 6) is 1.37. The van der Waals surface area contributed by atoms with Crippen molar-refractivity contribution in [3.8, 4) is 10.7 Å². The number of thiophene rings is 1. The van der Waals surface area contributed by atoms with Gasteiger partial charge in [0.05, 0.1) is 11.4 Å². The van der Waals surface area contributed by atoms with Gasteiger partial charge in [0, 0.05) is 31.7 Å². The molecular weight excluding hydrogens is 360 g/mol. The van der Waals surface area contributed by atoms with Gasteiger partial charge in [-0.2, -0.15) is 4.98 Å². The summed E-state index contributed by atoms with van der Waals surface area (Å²) in [5, 5.41) is 6.05. The molecule has 3 aromatic rings. The van der Waals surface area contributed by atoms with Crippen molar-refractivity contribution < 1.29 is 9.32 Å². The summed E-state index contributed by atoms with van der Waals surface area (Å²) in [6, 6.07) is 9.87. The van der Waals surface area contributed by atoms with E-state index in [9.17, 15) is 4.79 Å². The molecule has 1 saturated heterocycles. The smallest absolute Gasteiger partial charge is 0.253 e. The number of nitrogens with zero attached hydrogens (tertiary/aromatic N) is 4. The van der Waals surface area contributed by atoms with Crippen molar-refractivity contribution in [1.29, 1.82) is 0 Å². The molecule has 0 aliphatic carbocycles. The van der Waals surface area contributed by atoms with Crippen LogP contribution in [0.25, 0.3) is 10.7 Å². The highest BCUT2D eigenvalue weighted by atomic mass is 32.1. The molecule has 1 aliphatic rings. The van der Waals surface area contributed by atoms with Crippen LogP contribution in [0.3, 0.4) is 0 Å². The quantitative estimate of drug-likeness (QED) is 0.692. The molecule has 140 valence electrons. The standard InChI is InChI=1S/C20H22N4O2S/c1-14-5-6-16(12-15(14)2)20(25)24-9-7-23(8-10-24)13-18-21-19(22-26-18)17-4-3-11-27-17/h3-6,11-12H,7-10,13H2,1-2H3. The topological polar surface area (TPSA) is 62.5 Å². The number of hydrogen-bond acceptors (Lipinski definition) is 6. The van der Waals surface area contributed by atoms with E-state index in [-0.39, 0.29) is 5.91 Å². The minimum absolute atomic E-state index is 0.107. The predicted octanol–water partition coefficient (Wildman–Crippen LogP) is 3.37. The van der Waals surface area contributed by atoms with E-state index >= 15 is 0 Å². The molecule has 27 heavy (non-hydrogen) atoms. The van der Waals surface area contributed by atoms with Crippen molar-refractivity contribution >= 4 is 17.2 Å². The van der Waals surface area contributed by atoms with Crippen molar-refractivity contribution in [3.05, 3.63) is 58.3 Å². The van der Waals surface area contributed by atoms with Gasteiger partial charge in [0.1, 0.15) is 0 Å². The highest BCUT2D eigenvalue weighted by Gasteiger charge is 2.23. The summed E-state index contributed by atoms with van der Waals surface area (Å²) in [5.41, 5.74) is 3.12. The van der Waals surface area contributed by atoms with Crippen molar-refractivity contribution in [2.45, 2.75) is 20.4 Å². The molecule has 3 heterocycles. The van der Waals surface area contributed by atoms with Crippen LogP contribution in [0.15, 0.2) is 40.2 Å². The Labute approximate surface area is 162 Å². The van der Waals surface area contributed by atoms with Gasteiger partial charge in [0.15, 0.2) is 0 Å². The van der Waals surface area contributed by atoms with Crippen molar-refractivity contribution in [3.63, 3.8) is 0 Å². The van der Waals surface area contributed by atoms with E-state index in [0.29, 0.717) is 31.3 Å². The lowest BCUT2D eigenvalue weighted by Gasteiger charge is -2.34. The molecule has 0 spiro atoms. The Morgan fingerprint density at radius 3 is 2.67 bits per heavy atom. The molecule has 2 aromatic heterocycles. The second kappa shape index (κ2) is 7.62. The van der Waals surface area contributed by atoms with Crippen molar-refractivity contribution in [2.75, 3.05) is 26.2 Å². The molecular formula is C20H22N4O2S. The number of piperazine rings is 1. The molecule has 7 heteroatoms. The zero-order valence-electron chi connectivity index (χ0n) is 15.5. The van der Waals surface area contributed by atoms with Crippen LogP contribution in [0.5, 0.6) is 0 Å². The molecule has 1 amide bonds. The fourth-order valence-corrected chi connectivity index (χ4v) is 3.83. The summed E-state index contributed by atoms with van der Waals surface area (Å²) in [4.78, 5) is 22.4. The maximum atomic E-state index is 12.7. The van der Waals surface area contributed by atoms with Crippen LogP contribution in [0, 0.1) is 13.8 Å². The summed E-state index contributed by atoms with van der Waals surface area (Å²) in [6.07, 6.45) is 0. The lowest BCUT2D eigenvalue weighted by atomic mass is 10.1. The molecule has 6 nitrogen and oxygen atoms in total. The molecule has 1 aromatic carbocycles. The molecule has 0 atom stereocenters. The van der Waals surface area contributed by atoms with E-state index in [1.807, 2.05) is 47.5 Å². The summed E-state index contributed by atoms with van der Waals surface area (Å²) in [6.45, 7) is 7.72. The molecule has 4 rings (SSSR count). The third-order valence-corrected chi connectivity index (χ3v) is 5.85. The number of amides is 1. The number of carbonyl (C=O) groups excluding carboxylic acids is 1. The first-order valence-electron chi connectivity index (χ1n) is 9.05. The average molecular weight is 382 g/mol. The monoisotopic (exact) mass is 382 g/mol. The largest absolute Gasteiger partial charge is 0.338 e. The van der Waals surface area contributed by atoms with E-state index in [1.165, 1.54) is 5.56 Å². The number of benzene rings is 1. The Bertz CT molecular complexity index is 927. The van der Waals surface area contributed by atoms with Crippen LogP contribution in [-0.2, 0) is 6.54 Å². The van der Waals surface area contributed by atoms with Gasteiger partial charge in [0.2, 0.25) is 11.7 Å². The first kappa shape index (κ1) is 17.9. The summed E-state index contributed by atoms with van der Waals surface area (Å²) < 4.78 is 5.38. The fraction of sp³-hybridized carbons (Fsp3) is 0.350. The van der Waals surface area contributed by atoms with Crippen LogP contribution in [0.1, 0.15) is 27.4 Å². The number of aromatic nitrogens is 2. The van der Waals surface area contributed by atoms with Gasteiger partial charge in [0.25, 0.3) is 5.91 Å². The van der Waals surface area contributed by atoms with Gasteiger partial charge in [-0.05, 0) is 48.6 Å². The summed E-state index contributed by atoms with van der Waals surface area (Å²) >= 11 is 1.60. The van der Waals surface area contributed by atoms with Gasteiger partial charge in [-0.3, -0.25) is 9.69 Å². The van der Waals surface area contributed by atoms with Crippen LogP contribution >= 0.6 is 11.3 Å². The Kier molecular flexibility index (Phi) is 5.05. The van der Waals surface area contributed by atoms with E-state index < -0.39 is 0 Å². The first-order chi connectivity index (χ1) is 13.1. The molecule has 0 N–H and O–H groups in total. The van der Waals surface area contributed by atoms with Crippen LogP contribution in [-0.4, -0.2) is 52.0 Å². The lowest BCUT2D eigenvalue weighted by molar-refractivity contribution is 0.0615. The first-order valence-corrected chi connectivity index (χ1v) is 9.93. The fourth-order valence-electron chi connectivity index (χ4n) is 3.18. The molecule has 0 unspecified atom stereocenters. The lowest BCUT2D eigenvalue weighted by Crippen LogP contribution is -2.48. The van der Waals surface area contributed by atoms with Gasteiger partial charge >= 0.3 is 0 Å². The van der Waals surface area contributed by atoms with Gasteiger partial charge in [-0.1, -0.05) is 17.3 Å². The van der Waals surface area contributed by atoms with Gasteiger partial charge in [-0.15, -0.1) is 11.3 Å². The number of carbonyl (C=O) groups is 1. The maximum Gasteiger partial charge on any atom is 0.253 e. The van der Waals surface area contributed by atoms with Crippen LogP contribution < -0.4 is 0 Å². The molecule has 1 aliphatic heterocycles. The van der Waals surface area contributed by atoms with Gasteiger partial charge < -0.3 is 9.42 Å². The van der Waals surface area contributed by atoms with E-state index in [2.05, 4.69) is 22.0 Å². The highest BCUT2D eigenvalue weighted by molar-refractivity contribution is 7.13. The van der Waals surface area contributed by atoms with Crippen molar-refractivity contribution in [2.24, 2.45) is 0 Å². The number of hydrogen-bond donors (Lipinski definition) is 0. The Hall–Kier alpha value is -2.51. The Balaban J connectivity index is 1.33.